The molecule has 154 valence electrons. The minimum absolute atomic E-state index is 0.0277. The Morgan fingerprint density at radius 2 is 1.90 bits per heavy atom. The molecule has 29 heavy (non-hydrogen) atoms. The van der Waals surface area contributed by atoms with Gasteiger partial charge in [0.25, 0.3) is 11.6 Å². The normalized spacial score (nSPS) is 15.7. The van der Waals surface area contributed by atoms with Crippen molar-refractivity contribution in [3.8, 4) is 5.75 Å². The van der Waals surface area contributed by atoms with Crippen LogP contribution in [0, 0.1) is 10.1 Å². The van der Waals surface area contributed by atoms with Crippen molar-refractivity contribution in [2.45, 2.75) is 6.10 Å². The van der Waals surface area contributed by atoms with E-state index in [1.807, 2.05) is 0 Å². The lowest BCUT2D eigenvalue weighted by molar-refractivity contribution is -0.384. The molecule has 1 aliphatic heterocycles. The monoisotopic (exact) mass is 419 g/mol. The van der Waals surface area contributed by atoms with Gasteiger partial charge in [-0.1, -0.05) is 29.8 Å². The lowest BCUT2D eigenvalue weighted by atomic mass is 10.1. The molecular formula is C20H22ClN3O5. The SMILES string of the molecule is O=C(c1ccccc1Cl)N1CCN(C[C@H](O)COc2cccc([N+](=O)[O-])c2)CC1. The molecular weight excluding hydrogens is 398 g/mol. The van der Waals surface area contributed by atoms with Gasteiger partial charge in [0.15, 0.2) is 0 Å². The van der Waals surface area contributed by atoms with Crippen LogP contribution in [0.4, 0.5) is 5.69 Å². The second-order valence-corrected chi connectivity index (χ2v) is 7.20. The molecule has 0 radical (unpaired) electrons. The van der Waals surface area contributed by atoms with Crippen molar-refractivity contribution >= 4 is 23.2 Å². The van der Waals surface area contributed by atoms with Crippen LogP contribution in [0.15, 0.2) is 48.5 Å². The minimum Gasteiger partial charge on any atom is -0.491 e. The van der Waals surface area contributed by atoms with Gasteiger partial charge in [-0.25, -0.2) is 0 Å². The maximum absolute atomic E-state index is 12.6. The van der Waals surface area contributed by atoms with E-state index in [9.17, 15) is 20.0 Å². The number of carbonyl (C=O) groups excluding carboxylic acids is 1. The average Bonchev–Trinajstić information content (AvgIpc) is 2.73. The Balaban J connectivity index is 1.44. The summed E-state index contributed by atoms with van der Waals surface area (Å²) in [4.78, 5) is 26.7. The fraction of sp³-hybridized carbons (Fsp3) is 0.350. The summed E-state index contributed by atoms with van der Waals surface area (Å²) < 4.78 is 5.47. The van der Waals surface area contributed by atoms with Crippen LogP contribution in [0.1, 0.15) is 10.4 Å². The molecule has 8 nitrogen and oxygen atoms in total. The zero-order valence-electron chi connectivity index (χ0n) is 15.7. The molecule has 2 aromatic carbocycles. The zero-order valence-corrected chi connectivity index (χ0v) is 16.5. The fourth-order valence-electron chi connectivity index (χ4n) is 3.17. The van der Waals surface area contributed by atoms with E-state index in [-0.39, 0.29) is 18.2 Å². The van der Waals surface area contributed by atoms with Gasteiger partial charge in [-0.15, -0.1) is 0 Å². The van der Waals surface area contributed by atoms with Gasteiger partial charge in [-0.05, 0) is 18.2 Å². The topological polar surface area (TPSA) is 96.2 Å². The third-order valence-electron chi connectivity index (χ3n) is 4.70. The molecule has 1 amide bonds. The summed E-state index contributed by atoms with van der Waals surface area (Å²) in [5, 5.41) is 21.5. The number of amides is 1. The lowest BCUT2D eigenvalue weighted by Crippen LogP contribution is -2.51. The smallest absolute Gasteiger partial charge is 0.273 e. The number of ether oxygens (including phenoxy) is 1. The average molecular weight is 420 g/mol. The molecule has 0 aliphatic carbocycles. The summed E-state index contributed by atoms with van der Waals surface area (Å²) in [5.74, 6) is 0.248. The van der Waals surface area contributed by atoms with Crippen LogP contribution in [0.2, 0.25) is 5.02 Å². The lowest BCUT2D eigenvalue weighted by Gasteiger charge is -2.35. The van der Waals surface area contributed by atoms with Crippen molar-refractivity contribution < 1.29 is 19.6 Å². The van der Waals surface area contributed by atoms with E-state index in [4.69, 9.17) is 16.3 Å². The van der Waals surface area contributed by atoms with E-state index >= 15 is 0 Å². The van der Waals surface area contributed by atoms with Crippen molar-refractivity contribution in [2.24, 2.45) is 0 Å². The highest BCUT2D eigenvalue weighted by molar-refractivity contribution is 6.33. The molecule has 1 aliphatic rings. The third kappa shape index (κ3) is 5.66. The quantitative estimate of drug-likeness (QED) is 0.547. The van der Waals surface area contributed by atoms with Gasteiger partial charge < -0.3 is 14.7 Å². The molecule has 1 N–H and O–H groups in total. The number of aliphatic hydroxyl groups excluding tert-OH is 1. The Kier molecular flexibility index (Phi) is 7.03. The number of piperazine rings is 1. The molecule has 1 heterocycles. The van der Waals surface area contributed by atoms with Crippen LogP contribution < -0.4 is 4.74 Å². The predicted octanol–water partition coefficient (Wildman–Crippen LogP) is 2.45. The first-order chi connectivity index (χ1) is 13.9. The number of β-amino-alcohol motifs (C(OH)–C–C–N with tert-alkyl or cyclic N) is 1. The molecule has 0 bridgehead atoms. The largest absolute Gasteiger partial charge is 0.491 e. The number of non-ortho nitro benzene ring substituents is 1. The minimum atomic E-state index is -0.750. The van der Waals surface area contributed by atoms with Gasteiger partial charge in [0.2, 0.25) is 0 Å². The molecule has 1 atom stereocenters. The molecule has 1 fully saturated rings. The second-order valence-electron chi connectivity index (χ2n) is 6.79. The Labute approximate surface area is 173 Å². The highest BCUT2D eigenvalue weighted by Gasteiger charge is 2.24. The molecule has 2 aromatic rings. The van der Waals surface area contributed by atoms with E-state index in [1.165, 1.54) is 18.2 Å². The van der Waals surface area contributed by atoms with Crippen LogP contribution in [-0.2, 0) is 0 Å². The second kappa shape index (κ2) is 9.69. The number of rotatable bonds is 7. The Morgan fingerprint density at radius 1 is 1.17 bits per heavy atom. The van der Waals surface area contributed by atoms with Gasteiger partial charge in [0.05, 0.1) is 21.6 Å². The maximum atomic E-state index is 12.6. The summed E-state index contributed by atoms with van der Waals surface area (Å²) >= 11 is 6.11. The highest BCUT2D eigenvalue weighted by Crippen LogP contribution is 2.20. The summed E-state index contributed by atoms with van der Waals surface area (Å²) in [5.41, 5.74) is 0.435. The highest BCUT2D eigenvalue weighted by atomic mass is 35.5. The number of halogens is 1. The molecule has 0 spiro atoms. The number of benzene rings is 2. The first-order valence-electron chi connectivity index (χ1n) is 9.25. The number of nitro benzene ring substituents is 1. The summed E-state index contributed by atoms with van der Waals surface area (Å²) in [6.45, 7) is 2.77. The maximum Gasteiger partial charge on any atom is 0.273 e. The Bertz CT molecular complexity index is 871. The Morgan fingerprint density at radius 3 is 2.59 bits per heavy atom. The summed E-state index contributed by atoms with van der Waals surface area (Å²) in [6.07, 6.45) is -0.750. The number of aliphatic hydroxyl groups is 1. The first kappa shape index (κ1) is 21.0. The van der Waals surface area contributed by atoms with E-state index in [0.717, 1.165) is 0 Å². The van der Waals surface area contributed by atoms with Crippen LogP contribution >= 0.6 is 11.6 Å². The predicted molar refractivity (Wildman–Crippen MR) is 108 cm³/mol. The van der Waals surface area contributed by atoms with Gasteiger partial charge >= 0.3 is 0 Å². The molecule has 0 saturated carbocycles. The van der Waals surface area contributed by atoms with Crippen molar-refractivity contribution in [2.75, 3.05) is 39.3 Å². The number of nitrogens with zero attached hydrogens (tertiary/aromatic N) is 3. The standard InChI is InChI=1S/C20H22ClN3O5/c21-19-7-2-1-6-18(19)20(26)23-10-8-22(9-11-23)13-16(25)14-29-17-5-3-4-15(12-17)24(27)28/h1-7,12,16,25H,8-11,13-14H2/t16-/m0/s1. The molecule has 1 saturated heterocycles. The number of nitro groups is 1. The summed E-state index contributed by atoms with van der Waals surface area (Å²) in [6, 6.07) is 12.8. The van der Waals surface area contributed by atoms with Gasteiger partial charge in [0, 0.05) is 38.8 Å². The van der Waals surface area contributed by atoms with Crippen LogP contribution in [0.3, 0.4) is 0 Å². The van der Waals surface area contributed by atoms with Crippen LogP contribution in [0.5, 0.6) is 5.75 Å². The van der Waals surface area contributed by atoms with Crippen LogP contribution in [0.25, 0.3) is 0 Å². The molecule has 3 rings (SSSR count). The zero-order chi connectivity index (χ0) is 20.8. The van der Waals surface area contributed by atoms with Crippen LogP contribution in [-0.4, -0.2) is 71.2 Å². The molecule has 9 heteroatoms. The number of hydrogen-bond acceptors (Lipinski definition) is 6. The molecule has 0 aromatic heterocycles. The van der Waals surface area contributed by atoms with Gasteiger partial charge in [0.1, 0.15) is 18.5 Å². The van der Waals surface area contributed by atoms with E-state index in [2.05, 4.69) is 4.90 Å². The van der Waals surface area contributed by atoms with Crippen molar-refractivity contribution in [1.82, 2.24) is 9.80 Å². The Hall–Kier alpha value is -2.68. The fourth-order valence-corrected chi connectivity index (χ4v) is 3.39. The van der Waals surface area contributed by atoms with Crippen molar-refractivity contribution in [3.63, 3.8) is 0 Å². The number of hydrogen-bond donors (Lipinski definition) is 1. The van der Waals surface area contributed by atoms with Crippen molar-refractivity contribution in [3.05, 3.63) is 69.2 Å². The van der Waals surface area contributed by atoms with Crippen molar-refractivity contribution in [1.29, 1.82) is 0 Å². The number of carbonyl (C=O) groups is 1. The van der Waals surface area contributed by atoms with Gasteiger partial charge in [-0.2, -0.15) is 0 Å². The van der Waals surface area contributed by atoms with E-state index in [1.54, 1.807) is 35.2 Å². The first-order valence-corrected chi connectivity index (χ1v) is 9.63. The molecule has 0 unspecified atom stereocenters. The third-order valence-corrected chi connectivity index (χ3v) is 5.03. The van der Waals surface area contributed by atoms with E-state index in [0.29, 0.717) is 49.1 Å². The van der Waals surface area contributed by atoms with Gasteiger partial charge in [-0.3, -0.25) is 19.8 Å². The van der Waals surface area contributed by atoms with E-state index < -0.39 is 11.0 Å². The summed E-state index contributed by atoms with van der Waals surface area (Å²) in [7, 11) is 0.